The van der Waals surface area contributed by atoms with Gasteiger partial charge in [0.1, 0.15) is 5.52 Å². The van der Waals surface area contributed by atoms with Crippen LogP contribution in [-0.4, -0.2) is 42.6 Å². The summed E-state index contributed by atoms with van der Waals surface area (Å²) in [5.41, 5.74) is 5.79. The van der Waals surface area contributed by atoms with E-state index in [0.717, 1.165) is 29.7 Å². The van der Waals surface area contributed by atoms with Gasteiger partial charge >= 0.3 is 0 Å². The predicted molar refractivity (Wildman–Crippen MR) is 106 cm³/mol. The molecule has 0 spiro atoms. The fraction of sp³-hybridized carbons (Fsp3) is 0.524. The van der Waals surface area contributed by atoms with Crippen molar-refractivity contribution in [1.29, 1.82) is 0 Å². The summed E-state index contributed by atoms with van der Waals surface area (Å²) in [5.74, 6) is -0.0441. The minimum atomic E-state index is -0.0441. The fourth-order valence-electron chi connectivity index (χ4n) is 4.68. The lowest BCUT2D eigenvalue weighted by Gasteiger charge is -2.18. The highest BCUT2D eigenvalue weighted by Crippen LogP contribution is 2.31. The lowest BCUT2D eigenvalue weighted by atomic mass is 9.96. The Morgan fingerprint density at radius 2 is 2.04 bits per heavy atom. The second-order valence-electron chi connectivity index (χ2n) is 8.15. The summed E-state index contributed by atoms with van der Waals surface area (Å²) in [4.78, 5) is 23.8. The van der Waals surface area contributed by atoms with Gasteiger partial charge in [-0.25, -0.2) is 9.97 Å². The van der Waals surface area contributed by atoms with E-state index in [-0.39, 0.29) is 5.91 Å². The Morgan fingerprint density at radius 1 is 1.21 bits per heavy atom. The fourth-order valence-corrected chi connectivity index (χ4v) is 4.68. The maximum Gasteiger partial charge on any atom is 0.255 e. The van der Waals surface area contributed by atoms with Gasteiger partial charge < -0.3 is 9.47 Å². The van der Waals surface area contributed by atoms with Gasteiger partial charge in [0.2, 0.25) is 0 Å². The first kappa shape index (κ1) is 17.4. The zero-order valence-electron chi connectivity index (χ0n) is 16.3. The summed E-state index contributed by atoms with van der Waals surface area (Å²) in [7, 11) is 1.83. The zero-order chi connectivity index (χ0) is 19.1. The molecule has 0 radical (unpaired) electrons. The number of H-pyrrole nitrogens is 1. The first-order chi connectivity index (χ1) is 13.7. The van der Waals surface area contributed by atoms with E-state index in [1.54, 1.807) is 11.1 Å². The molecule has 3 heterocycles. The van der Waals surface area contributed by atoms with Crippen LogP contribution in [0.5, 0.6) is 0 Å². The molecule has 5 rings (SSSR count). The van der Waals surface area contributed by atoms with Crippen molar-refractivity contribution < 1.29 is 4.79 Å². The lowest BCUT2D eigenvalue weighted by Crippen LogP contribution is -2.27. The molecule has 7 heteroatoms. The van der Waals surface area contributed by atoms with Crippen molar-refractivity contribution in [3.63, 3.8) is 0 Å². The number of carbonyl (C=O) groups is 1. The monoisotopic (exact) mass is 378 g/mol. The summed E-state index contributed by atoms with van der Waals surface area (Å²) in [6.07, 6.45) is 13.0. The number of aromatic nitrogens is 5. The minimum absolute atomic E-state index is 0.0441. The molecule has 3 aromatic heterocycles. The van der Waals surface area contributed by atoms with Crippen molar-refractivity contribution in [3.8, 4) is 0 Å². The highest BCUT2D eigenvalue weighted by Gasteiger charge is 2.22. The Morgan fingerprint density at radius 3 is 2.89 bits per heavy atom. The maximum atomic E-state index is 13.0. The van der Waals surface area contributed by atoms with Crippen LogP contribution in [-0.2, 0) is 19.4 Å². The predicted octanol–water partition coefficient (Wildman–Crippen LogP) is 3.42. The quantitative estimate of drug-likeness (QED) is 0.754. The van der Waals surface area contributed by atoms with Gasteiger partial charge in [0, 0.05) is 25.0 Å². The number of carbonyl (C=O) groups excluding carboxylic acids is 1. The Bertz CT molecular complexity index is 1010. The van der Waals surface area contributed by atoms with Gasteiger partial charge in [-0.1, -0.05) is 12.8 Å². The Labute approximate surface area is 164 Å². The molecule has 0 bridgehead atoms. The number of hydrogen-bond acceptors (Lipinski definition) is 4. The van der Waals surface area contributed by atoms with Crippen LogP contribution < -0.4 is 0 Å². The van der Waals surface area contributed by atoms with Crippen molar-refractivity contribution in [3.05, 3.63) is 41.1 Å². The number of fused-ring (bicyclic) bond motifs is 2. The first-order valence-electron chi connectivity index (χ1n) is 10.3. The number of aryl methyl sites for hydroxylation is 1. The number of imidazole rings is 1. The highest BCUT2D eigenvalue weighted by atomic mass is 16.2. The molecular weight excluding hydrogens is 352 g/mol. The van der Waals surface area contributed by atoms with E-state index in [2.05, 4.69) is 24.7 Å². The van der Waals surface area contributed by atoms with Crippen LogP contribution in [0.1, 0.15) is 71.9 Å². The molecule has 1 saturated carbocycles. The van der Waals surface area contributed by atoms with E-state index >= 15 is 0 Å². The molecule has 146 valence electrons. The molecule has 28 heavy (non-hydrogen) atoms. The summed E-state index contributed by atoms with van der Waals surface area (Å²) >= 11 is 0. The standard InChI is InChI=1S/C21H26N6O/c1-26(12-19-16-8-4-5-9-17(16)24-25-19)21(28)14-10-18-20(22-11-14)27(13-23-18)15-6-2-3-7-15/h10-11,13,15H,2-9,12H2,1H3,(H,24,25). The molecule has 2 aliphatic rings. The molecule has 3 aromatic rings. The smallest absolute Gasteiger partial charge is 0.255 e. The average Bonchev–Trinajstić information content (AvgIpc) is 3.46. The van der Waals surface area contributed by atoms with Gasteiger partial charge in [0.25, 0.3) is 5.91 Å². The minimum Gasteiger partial charge on any atom is -0.336 e. The molecule has 0 saturated heterocycles. The van der Waals surface area contributed by atoms with Crippen molar-refractivity contribution in [1.82, 2.24) is 29.6 Å². The summed E-state index contributed by atoms with van der Waals surface area (Å²) in [6.45, 7) is 0.513. The van der Waals surface area contributed by atoms with Crippen molar-refractivity contribution in [2.24, 2.45) is 0 Å². The zero-order valence-corrected chi connectivity index (χ0v) is 16.3. The molecule has 0 atom stereocenters. The third kappa shape index (κ3) is 2.99. The third-order valence-electron chi connectivity index (χ3n) is 6.25. The van der Waals surface area contributed by atoms with E-state index in [0.29, 0.717) is 18.2 Å². The number of aromatic amines is 1. The molecule has 1 fully saturated rings. The second kappa shape index (κ2) is 7.04. The molecule has 7 nitrogen and oxygen atoms in total. The van der Waals surface area contributed by atoms with Crippen LogP contribution in [0, 0.1) is 0 Å². The maximum absolute atomic E-state index is 13.0. The van der Waals surface area contributed by atoms with Crippen LogP contribution in [0.3, 0.4) is 0 Å². The lowest BCUT2D eigenvalue weighted by molar-refractivity contribution is 0.0783. The molecular formula is C21H26N6O. The SMILES string of the molecule is CN(Cc1n[nH]c2c1CCCC2)C(=O)c1cnc2c(c1)ncn2C1CCCC1. The third-order valence-corrected chi connectivity index (χ3v) is 6.25. The number of rotatable bonds is 4. The van der Waals surface area contributed by atoms with Crippen LogP contribution >= 0.6 is 0 Å². The highest BCUT2D eigenvalue weighted by molar-refractivity contribution is 5.96. The molecule has 1 N–H and O–H groups in total. The van der Waals surface area contributed by atoms with Gasteiger partial charge in [-0.15, -0.1) is 0 Å². The Balaban J connectivity index is 1.35. The van der Waals surface area contributed by atoms with Gasteiger partial charge in [0.05, 0.1) is 24.1 Å². The summed E-state index contributed by atoms with van der Waals surface area (Å²) in [6, 6.07) is 2.36. The Hall–Kier alpha value is -2.70. The van der Waals surface area contributed by atoms with Crippen molar-refractivity contribution in [2.75, 3.05) is 7.05 Å². The van der Waals surface area contributed by atoms with E-state index < -0.39 is 0 Å². The van der Waals surface area contributed by atoms with Gasteiger partial charge in [-0.05, 0) is 50.2 Å². The molecule has 1 amide bonds. The summed E-state index contributed by atoms with van der Waals surface area (Å²) in [5, 5.41) is 7.61. The number of hydrogen-bond donors (Lipinski definition) is 1. The number of nitrogens with one attached hydrogen (secondary N) is 1. The average molecular weight is 378 g/mol. The first-order valence-corrected chi connectivity index (χ1v) is 10.3. The van der Waals surface area contributed by atoms with Crippen LogP contribution in [0.25, 0.3) is 11.2 Å². The van der Waals surface area contributed by atoms with Gasteiger partial charge in [-0.2, -0.15) is 5.10 Å². The normalized spacial score (nSPS) is 17.2. The largest absolute Gasteiger partial charge is 0.336 e. The van der Waals surface area contributed by atoms with Gasteiger partial charge in [0.15, 0.2) is 5.65 Å². The van der Waals surface area contributed by atoms with Crippen molar-refractivity contribution >= 4 is 17.1 Å². The van der Waals surface area contributed by atoms with E-state index in [9.17, 15) is 4.79 Å². The molecule has 2 aliphatic carbocycles. The molecule has 0 aromatic carbocycles. The number of nitrogens with zero attached hydrogens (tertiary/aromatic N) is 5. The van der Waals surface area contributed by atoms with Crippen LogP contribution in [0.2, 0.25) is 0 Å². The van der Waals surface area contributed by atoms with Crippen LogP contribution in [0.4, 0.5) is 0 Å². The number of amides is 1. The van der Waals surface area contributed by atoms with E-state index in [1.807, 2.05) is 19.4 Å². The number of pyridine rings is 1. The Kier molecular flexibility index (Phi) is 4.37. The molecule has 0 aliphatic heterocycles. The molecule has 0 unspecified atom stereocenters. The summed E-state index contributed by atoms with van der Waals surface area (Å²) < 4.78 is 2.18. The van der Waals surface area contributed by atoms with E-state index in [1.165, 1.54) is 49.8 Å². The second-order valence-corrected chi connectivity index (χ2v) is 8.15. The topological polar surface area (TPSA) is 79.7 Å². The van der Waals surface area contributed by atoms with Crippen molar-refractivity contribution in [2.45, 2.75) is 64.0 Å². The van der Waals surface area contributed by atoms with Gasteiger partial charge in [-0.3, -0.25) is 9.89 Å². The van der Waals surface area contributed by atoms with E-state index in [4.69, 9.17) is 0 Å². The van der Waals surface area contributed by atoms with Crippen LogP contribution in [0.15, 0.2) is 18.6 Å².